The molecular weight excluding hydrogens is 446 g/mol. The van der Waals surface area contributed by atoms with E-state index in [9.17, 15) is 9.59 Å². The van der Waals surface area contributed by atoms with Gasteiger partial charge in [-0.15, -0.1) is 11.3 Å². The first kappa shape index (κ1) is 21.1. The number of rotatable bonds is 5. The van der Waals surface area contributed by atoms with Crippen LogP contribution < -0.4 is 5.32 Å². The average Bonchev–Trinajstić information content (AvgIpc) is 3.16. The van der Waals surface area contributed by atoms with Crippen LogP contribution >= 0.6 is 11.3 Å². The van der Waals surface area contributed by atoms with Crippen LogP contribution in [-0.2, 0) is 0 Å². The van der Waals surface area contributed by atoms with E-state index in [-0.39, 0.29) is 17.9 Å². The summed E-state index contributed by atoms with van der Waals surface area (Å²) in [7, 11) is 0. The van der Waals surface area contributed by atoms with E-state index < -0.39 is 0 Å². The lowest BCUT2D eigenvalue weighted by Crippen LogP contribution is -2.45. The predicted octanol–water partition coefficient (Wildman–Crippen LogP) is 5.06. The van der Waals surface area contributed by atoms with Gasteiger partial charge in [0.1, 0.15) is 11.3 Å². The quantitative estimate of drug-likeness (QED) is 0.441. The van der Waals surface area contributed by atoms with Gasteiger partial charge in [0.2, 0.25) is 0 Å². The lowest BCUT2D eigenvalue weighted by molar-refractivity contribution is 0.0690. The molecule has 2 aliphatic rings. The van der Waals surface area contributed by atoms with Crippen LogP contribution in [0.15, 0.2) is 59.2 Å². The molecule has 6 nitrogen and oxygen atoms in total. The van der Waals surface area contributed by atoms with Crippen molar-refractivity contribution in [2.24, 2.45) is 11.8 Å². The highest BCUT2D eigenvalue weighted by molar-refractivity contribution is 7.15. The van der Waals surface area contributed by atoms with Gasteiger partial charge in [-0.05, 0) is 55.9 Å². The molecule has 6 rings (SSSR count). The van der Waals surface area contributed by atoms with E-state index in [1.807, 2.05) is 30.0 Å². The zero-order valence-corrected chi connectivity index (χ0v) is 19.9. The Hall–Kier alpha value is -3.45. The minimum absolute atomic E-state index is 0.0159. The summed E-state index contributed by atoms with van der Waals surface area (Å²) in [6.45, 7) is 5.15. The van der Waals surface area contributed by atoms with Gasteiger partial charge < -0.3 is 14.6 Å². The summed E-state index contributed by atoms with van der Waals surface area (Å²) in [6, 6.07) is 15.5. The number of fused-ring (bicyclic) bond motifs is 2. The van der Waals surface area contributed by atoms with Gasteiger partial charge in [0, 0.05) is 18.5 Å². The summed E-state index contributed by atoms with van der Waals surface area (Å²) < 4.78 is 5.43. The maximum absolute atomic E-state index is 13.7. The first-order chi connectivity index (χ1) is 16.5. The van der Waals surface area contributed by atoms with Gasteiger partial charge in [0.15, 0.2) is 0 Å². The second-order valence-corrected chi connectivity index (χ2v) is 10.5. The molecule has 0 bridgehead atoms. The number of hydrogen-bond acceptors (Lipinski definition) is 5. The van der Waals surface area contributed by atoms with Gasteiger partial charge >= 0.3 is 0 Å². The third-order valence-electron chi connectivity index (χ3n) is 7.03. The molecule has 1 saturated heterocycles. The summed E-state index contributed by atoms with van der Waals surface area (Å²) in [6.07, 6.45) is 2.71. The third kappa shape index (κ3) is 3.60. The van der Waals surface area contributed by atoms with Crippen LogP contribution in [0.4, 0.5) is 0 Å². The van der Waals surface area contributed by atoms with Crippen molar-refractivity contribution in [1.82, 2.24) is 15.2 Å². The highest BCUT2D eigenvalue weighted by atomic mass is 32.1. The number of nitrogens with one attached hydrogen (secondary N) is 1. The molecular formula is C27H25N3O3S. The Morgan fingerprint density at radius 1 is 1.15 bits per heavy atom. The van der Waals surface area contributed by atoms with Gasteiger partial charge in [-0.3, -0.25) is 9.59 Å². The second kappa shape index (κ2) is 8.09. The molecule has 7 heteroatoms. The molecule has 0 spiro atoms. The molecule has 2 fully saturated rings. The number of benzene rings is 2. The Bertz CT molecular complexity index is 1400. The monoisotopic (exact) mass is 471 g/mol. The van der Waals surface area contributed by atoms with Crippen LogP contribution in [-0.4, -0.2) is 40.8 Å². The van der Waals surface area contributed by atoms with Crippen molar-refractivity contribution in [3.63, 3.8) is 0 Å². The number of furan rings is 1. The summed E-state index contributed by atoms with van der Waals surface area (Å²) in [5, 5.41) is 4.75. The van der Waals surface area contributed by atoms with E-state index in [0.29, 0.717) is 35.2 Å². The number of piperidine rings is 1. The van der Waals surface area contributed by atoms with Gasteiger partial charge in [0.25, 0.3) is 11.8 Å². The third-order valence-corrected chi connectivity index (χ3v) is 8.05. The molecule has 4 aromatic rings. The number of amides is 2. The molecule has 3 atom stereocenters. The Labute approximate surface area is 201 Å². The molecule has 0 unspecified atom stereocenters. The molecule has 1 N–H and O–H groups in total. The normalized spacial score (nSPS) is 21.0. The lowest BCUT2D eigenvalue weighted by atomic mass is 10.1. The smallest absolute Gasteiger partial charge is 0.274 e. The van der Waals surface area contributed by atoms with E-state index in [2.05, 4.69) is 41.5 Å². The molecule has 34 heavy (non-hydrogen) atoms. The Morgan fingerprint density at radius 3 is 2.79 bits per heavy atom. The van der Waals surface area contributed by atoms with Crippen LogP contribution in [0.1, 0.15) is 37.8 Å². The van der Waals surface area contributed by atoms with Crippen molar-refractivity contribution in [2.45, 2.75) is 26.3 Å². The minimum Gasteiger partial charge on any atom is -0.464 e. The van der Waals surface area contributed by atoms with Crippen LogP contribution in [0.5, 0.6) is 0 Å². The minimum atomic E-state index is -0.145. The molecule has 1 aliphatic carbocycles. The SMILES string of the molecule is Cc1ccc(-c2sc(C)nc2C(=O)N2C[C@@H]3C[C@@H]3[C@H]2CNC(=O)c2cccc3occc23)cc1. The Kier molecular flexibility index (Phi) is 5.03. The summed E-state index contributed by atoms with van der Waals surface area (Å²) in [5.41, 5.74) is 4.00. The van der Waals surface area contributed by atoms with Crippen LogP contribution in [0.2, 0.25) is 0 Å². The maximum atomic E-state index is 13.7. The van der Waals surface area contributed by atoms with E-state index in [1.165, 1.54) is 5.56 Å². The largest absolute Gasteiger partial charge is 0.464 e. The lowest BCUT2D eigenvalue weighted by Gasteiger charge is -2.27. The first-order valence-corrected chi connectivity index (χ1v) is 12.4. The number of aryl methyl sites for hydroxylation is 2. The Morgan fingerprint density at radius 2 is 1.97 bits per heavy atom. The van der Waals surface area contributed by atoms with E-state index in [0.717, 1.165) is 33.8 Å². The van der Waals surface area contributed by atoms with Gasteiger partial charge in [-0.25, -0.2) is 4.98 Å². The van der Waals surface area contributed by atoms with Crippen molar-refractivity contribution >= 4 is 34.1 Å². The molecule has 2 amide bonds. The van der Waals surface area contributed by atoms with Gasteiger partial charge in [-0.1, -0.05) is 35.9 Å². The Balaban J connectivity index is 1.23. The molecule has 2 aromatic carbocycles. The van der Waals surface area contributed by atoms with E-state index in [4.69, 9.17) is 4.42 Å². The number of likely N-dealkylation sites (tertiary alicyclic amines) is 1. The standard InChI is InChI=1S/C27H25N3O3S/c1-15-6-8-17(9-7-15)25-24(29-16(2)34-25)27(32)30-14-18-12-21(18)22(30)13-28-26(31)20-4-3-5-23-19(20)10-11-33-23/h3-11,18,21-22H,12-14H2,1-2H3,(H,28,31)/t18-,21-,22+/m0/s1. The fourth-order valence-corrected chi connectivity index (χ4v) is 6.08. The highest BCUT2D eigenvalue weighted by Gasteiger charge is 2.54. The summed E-state index contributed by atoms with van der Waals surface area (Å²) in [4.78, 5) is 34.2. The molecule has 2 aromatic heterocycles. The van der Waals surface area contributed by atoms with Crippen LogP contribution in [0.3, 0.4) is 0 Å². The second-order valence-electron chi connectivity index (χ2n) is 9.31. The number of aromatic nitrogens is 1. The van der Waals surface area contributed by atoms with E-state index >= 15 is 0 Å². The fraction of sp³-hybridized carbons (Fsp3) is 0.296. The van der Waals surface area contributed by atoms with Crippen molar-refractivity contribution in [1.29, 1.82) is 0 Å². The van der Waals surface area contributed by atoms with Crippen molar-refractivity contribution in [3.05, 3.63) is 76.6 Å². The van der Waals surface area contributed by atoms with Gasteiger partial charge in [-0.2, -0.15) is 0 Å². The highest BCUT2D eigenvalue weighted by Crippen LogP contribution is 2.50. The molecule has 0 radical (unpaired) electrons. The summed E-state index contributed by atoms with van der Waals surface area (Å²) in [5.74, 6) is 0.777. The molecule has 3 heterocycles. The van der Waals surface area contributed by atoms with Crippen LogP contribution in [0, 0.1) is 25.7 Å². The average molecular weight is 472 g/mol. The molecule has 172 valence electrons. The number of carbonyl (C=O) groups excluding carboxylic acids is 2. The molecule has 1 aliphatic heterocycles. The molecule has 1 saturated carbocycles. The summed E-state index contributed by atoms with van der Waals surface area (Å²) >= 11 is 1.55. The number of carbonyl (C=O) groups is 2. The number of hydrogen-bond donors (Lipinski definition) is 1. The zero-order valence-electron chi connectivity index (χ0n) is 19.1. The first-order valence-electron chi connectivity index (χ1n) is 11.6. The van der Waals surface area contributed by atoms with Crippen molar-refractivity contribution in [3.8, 4) is 10.4 Å². The fourth-order valence-electron chi connectivity index (χ4n) is 5.16. The zero-order chi connectivity index (χ0) is 23.4. The van der Waals surface area contributed by atoms with Crippen molar-refractivity contribution < 1.29 is 14.0 Å². The predicted molar refractivity (Wildman–Crippen MR) is 132 cm³/mol. The van der Waals surface area contributed by atoms with Crippen LogP contribution in [0.25, 0.3) is 21.4 Å². The van der Waals surface area contributed by atoms with Gasteiger partial charge in [0.05, 0.1) is 27.8 Å². The topological polar surface area (TPSA) is 75.4 Å². The van der Waals surface area contributed by atoms with Crippen molar-refractivity contribution in [2.75, 3.05) is 13.1 Å². The maximum Gasteiger partial charge on any atom is 0.274 e. The van der Waals surface area contributed by atoms with E-state index in [1.54, 1.807) is 23.7 Å². The number of nitrogens with zero attached hydrogens (tertiary/aromatic N) is 2. The number of thiazole rings is 1.